The lowest BCUT2D eigenvalue weighted by molar-refractivity contribution is 0.164. The third-order valence-corrected chi connectivity index (χ3v) is 1.66. The molecule has 0 aliphatic carbocycles. The normalized spacial score (nSPS) is 15.7. The molecule has 0 fully saturated rings. The van der Waals surface area contributed by atoms with E-state index in [4.69, 9.17) is 4.78 Å². The van der Waals surface area contributed by atoms with Crippen molar-refractivity contribution in [2.45, 2.75) is 0 Å². The highest BCUT2D eigenvalue weighted by Gasteiger charge is 1.98. The second-order valence-electron chi connectivity index (χ2n) is 1.88. The number of hydrogen-bond acceptors (Lipinski definition) is 4. The molecule has 0 saturated heterocycles. The Morgan fingerprint density at radius 2 is 2.30 bits per heavy atom. The van der Waals surface area contributed by atoms with Crippen molar-refractivity contribution in [3.8, 4) is 0 Å². The highest BCUT2D eigenvalue weighted by molar-refractivity contribution is 7.91. The van der Waals surface area contributed by atoms with Gasteiger partial charge in [-0.1, -0.05) is 0 Å². The lowest BCUT2D eigenvalue weighted by Gasteiger charge is -1.99. The summed E-state index contributed by atoms with van der Waals surface area (Å²) < 4.78 is 21.7. The molecule has 0 heterocycles. The van der Waals surface area contributed by atoms with Crippen LogP contribution in [-0.4, -0.2) is 28.9 Å². The Bertz CT molecular complexity index is 209. The first kappa shape index (κ1) is 9.22. The fraction of sp³-hybridized carbons (Fsp3) is 0.750. The molecule has 0 aliphatic heterocycles. The number of carbonyl (C=O) groups excluding carboxylic acids is 1. The lowest BCUT2D eigenvalue weighted by Crippen LogP contribution is -2.18. The summed E-state index contributed by atoms with van der Waals surface area (Å²) >= 11 is 0. The number of nitrogens with one attached hydrogen (secondary N) is 1. The van der Waals surface area contributed by atoms with Crippen LogP contribution in [0.1, 0.15) is 0 Å². The molecule has 0 aromatic carbocycles. The number of primary amides is 1. The number of carbonyl (C=O) groups is 1. The molecule has 6 heteroatoms. The van der Waals surface area contributed by atoms with Crippen molar-refractivity contribution in [3.63, 3.8) is 0 Å². The molecule has 3 N–H and O–H groups in total. The molecule has 1 unspecified atom stereocenters. The minimum absolute atomic E-state index is 0.0376. The topological polar surface area (TPSA) is 93.2 Å². The minimum atomic E-state index is -2.55. The molecular weight excluding hydrogens is 156 g/mol. The maximum Gasteiger partial charge on any atom is 0.404 e. The quantitative estimate of drug-likeness (QED) is 0.605. The first-order valence-corrected chi connectivity index (χ1v) is 4.69. The largest absolute Gasteiger partial charge is 0.449 e. The van der Waals surface area contributed by atoms with Gasteiger partial charge in [0.05, 0.1) is 5.75 Å². The highest BCUT2D eigenvalue weighted by Crippen LogP contribution is 1.84. The summed E-state index contributed by atoms with van der Waals surface area (Å²) in [6.45, 7) is -0.0475. The molecule has 1 amide bonds. The van der Waals surface area contributed by atoms with Gasteiger partial charge in [-0.15, -0.1) is 0 Å². The summed E-state index contributed by atoms with van der Waals surface area (Å²) in [5.74, 6) is 0.0376. The van der Waals surface area contributed by atoms with E-state index in [1.165, 1.54) is 6.26 Å². The number of hydrogen-bond donors (Lipinski definition) is 2. The molecular formula is C4H10N2O3S. The fourth-order valence-electron chi connectivity index (χ4n) is 0.301. The lowest BCUT2D eigenvalue weighted by atomic mass is 10.8. The van der Waals surface area contributed by atoms with E-state index >= 15 is 0 Å². The van der Waals surface area contributed by atoms with Crippen molar-refractivity contribution in [2.75, 3.05) is 18.6 Å². The van der Waals surface area contributed by atoms with Crippen molar-refractivity contribution in [2.24, 2.45) is 5.73 Å². The highest BCUT2D eigenvalue weighted by atomic mass is 32.2. The first-order chi connectivity index (χ1) is 4.42. The van der Waals surface area contributed by atoms with Crippen LogP contribution in [0, 0.1) is 4.78 Å². The second kappa shape index (κ2) is 3.40. The number of nitrogens with two attached hydrogens (primary N) is 1. The van der Waals surface area contributed by atoms with Gasteiger partial charge in [-0.3, -0.25) is 8.99 Å². The summed E-state index contributed by atoms with van der Waals surface area (Å²) in [4.78, 5) is 9.93. The van der Waals surface area contributed by atoms with Crippen LogP contribution in [-0.2, 0) is 14.5 Å². The van der Waals surface area contributed by atoms with Gasteiger partial charge in [-0.05, 0) is 0 Å². The van der Waals surface area contributed by atoms with Crippen LogP contribution in [0.5, 0.6) is 0 Å². The van der Waals surface area contributed by atoms with Gasteiger partial charge in [0.15, 0.2) is 0 Å². The average molecular weight is 166 g/mol. The monoisotopic (exact) mass is 166 g/mol. The molecule has 5 nitrogen and oxygen atoms in total. The molecule has 0 radical (unpaired) electrons. The molecule has 1 atom stereocenters. The fourth-order valence-corrected chi connectivity index (χ4v) is 0.703. The van der Waals surface area contributed by atoms with Crippen LogP contribution >= 0.6 is 0 Å². The van der Waals surface area contributed by atoms with Crippen molar-refractivity contribution in [1.29, 1.82) is 4.78 Å². The van der Waals surface area contributed by atoms with Gasteiger partial charge < -0.3 is 10.5 Å². The van der Waals surface area contributed by atoms with Crippen LogP contribution in [0.4, 0.5) is 4.79 Å². The average Bonchev–Trinajstić information content (AvgIpc) is 1.59. The summed E-state index contributed by atoms with van der Waals surface area (Å²) in [5, 5.41) is 0. The van der Waals surface area contributed by atoms with Crippen LogP contribution in [0.25, 0.3) is 0 Å². The van der Waals surface area contributed by atoms with Gasteiger partial charge in [0.2, 0.25) is 0 Å². The second-order valence-corrected chi connectivity index (χ2v) is 4.29. The number of amides is 1. The Morgan fingerprint density at radius 3 is 2.60 bits per heavy atom. The summed E-state index contributed by atoms with van der Waals surface area (Å²) in [7, 11) is -2.55. The Labute approximate surface area is 59.5 Å². The summed E-state index contributed by atoms with van der Waals surface area (Å²) in [6, 6.07) is 0. The van der Waals surface area contributed by atoms with Crippen LogP contribution in [0.2, 0.25) is 0 Å². The Kier molecular flexibility index (Phi) is 3.14. The van der Waals surface area contributed by atoms with Crippen LogP contribution < -0.4 is 5.73 Å². The van der Waals surface area contributed by atoms with Gasteiger partial charge in [-0.2, -0.15) is 0 Å². The van der Waals surface area contributed by atoms with E-state index in [0.29, 0.717) is 0 Å². The third kappa shape index (κ3) is 7.22. The van der Waals surface area contributed by atoms with E-state index in [1.807, 2.05) is 0 Å². The zero-order valence-electron chi connectivity index (χ0n) is 5.62. The Hall–Kier alpha value is -0.780. The molecule has 0 rings (SSSR count). The smallest absolute Gasteiger partial charge is 0.404 e. The number of rotatable bonds is 3. The predicted molar refractivity (Wildman–Crippen MR) is 37.2 cm³/mol. The minimum Gasteiger partial charge on any atom is -0.449 e. The Balaban J connectivity index is 3.49. The standard InChI is InChI=1S/C4H10N2O3S/c1-10(6,8)3-2-9-4(5)7/h6H,2-3H2,1H3,(H2,5,7). The van der Waals surface area contributed by atoms with Crippen molar-refractivity contribution < 1.29 is 13.7 Å². The zero-order chi connectivity index (χ0) is 8.20. The predicted octanol–water partition coefficient (Wildman–Crippen LogP) is -0.242. The maximum atomic E-state index is 10.6. The van der Waals surface area contributed by atoms with E-state index in [0.717, 1.165) is 0 Å². The molecule has 0 aromatic rings. The molecule has 0 spiro atoms. The van der Waals surface area contributed by atoms with E-state index < -0.39 is 15.8 Å². The molecule has 0 bridgehead atoms. The number of ether oxygens (including phenoxy) is 1. The van der Waals surface area contributed by atoms with Crippen molar-refractivity contribution >= 4 is 15.8 Å². The van der Waals surface area contributed by atoms with Gasteiger partial charge in [-0.25, -0.2) is 4.79 Å². The van der Waals surface area contributed by atoms with Gasteiger partial charge in [0, 0.05) is 16.0 Å². The van der Waals surface area contributed by atoms with Gasteiger partial charge in [0.1, 0.15) is 6.61 Å². The molecule has 0 aromatic heterocycles. The van der Waals surface area contributed by atoms with Crippen LogP contribution in [0.15, 0.2) is 0 Å². The van der Waals surface area contributed by atoms with Crippen LogP contribution in [0.3, 0.4) is 0 Å². The van der Waals surface area contributed by atoms with E-state index in [1.54, 1.807) is 0 Å². The maximum absolute atomic E-state index is 10.6. The van der Waals surface area contributed by atoms with Gasteiger partial charge >= 0.3 is 6.09 Å². The van der Waals surface area contributed by atoms with E-state index in [2.05, 4.69) is 10.5 Å². The first-order valence-electron chi connectivity index (χ1n) is 2.55. The molecule has 10 heavy (non-hydrogen) atoms. The van der Waals surface area contributed by atoms with E-state index in [9.17, 15) is 9.00 Å². The molecule has 0 aliphatic rings. The molecule has 60 valence electrons. The Morgan fingerprint density at radius 1 is 1.80 bits per heavy atom. The summed E-state index contributed by atoms with van der Waals surface area (Å²) in [5.41, 5.74) is 4.61. The van der Waals surface area contributed by atoms with Crippen molar-refractivity contribution in [1.82, 2.24) is 0 Å². The molecule has 0 saturated carbocycles. The zero-order valence-corrected chi connectivity index (χ0v) is 6.44. The summed E-state index contributed by atoms with van der Waals surface area (Å²) in [6.07, 6.45) is 0.376. The SMILES string of the molecule is CS(=N)(=O)CCOC(N)=O. The van der Waals surface area contributed by atoms with E-state index in [-0.39, 0.29) is 12.4 Å². The third-order valence-electron chi connectivity index (χ3n) is 0.717. The van der Waals surface area contributed by atoms with Gasteiger partial charge in [0.25, 0.3) is 0 Å². The van der Waals surface area contributed by atoms with Crippen molar-refractivity contribution in [3.05, 3.63) is 0 Å².